The zero-order valence-corrected chi connectivity index (χ0v) is 15.7. The Labute approximate surface area is 166 Å². The molecule has 0 saturated heterocycles. The van der Waals surface area contributed by atoms with Gasteiger partial charge >= 0.3 is 5.97 Å². The van der Waals surface area contributed by atoms with Crippen molar-refractivity contribution in [2.24, 2.45) is 0 Å². The summed E-state index contributed by atoms with van der Waals surface area (Å²) in [5.41, 5.74) is 0.0967. The van der Waals surface area contributed by atoms with Crippen LogP contribution in [-0.4, -0.2) is 34.7 Å². The maximum Gasteiger partial charge on any atom is 0.360 e. The molecule has 0 spiro atoms. The fourth-order valence-electron chi connectivity index (χ4n) is 2.89. The van der Waals surface area contributed by atoms with Crippen molar-refractivity contribution in [1.82, 2.24) is 10.2 Å². The Morgan fingerprint density at radius 3 is 2.48 bits per heavy atom. The molecule has 3 aromatic rings. The number of carbonyl (C=O) groups excluding carboxylic acids is 2. The number of carbonyl (C=O) groups is 2. The Hall–Kier alpha value is -3.99. The standard InChI is InChI=1S/C21H18N4O4/c1-14(20(27)25(13-7-12-22)15-8-3-2-4-9-15)29-21(28)18-16-10-5-6-11-17(16)19(26)24-23-18/h2-6,8-11,14H,7,13H2,1H3,(H,24,26). The van der Waals surface area contributed by atoms with E-state index in [2.05, 4.69) is 10.2 Å². The summed E-state index contributed by atoms with van der Waals surface area (Å²) in [5, 5.41) is 15.6. The monoisotopic (exact) mass is 390 g/mol. The minimum atomic E-state index is -1.12. The Balaban J connectivity index is 1.83. The topological polar surface area (TPSA) is 116 Å². The summed E-state index contributed by atoms with van der Waals surface area (Å²) >= 11 is 0. The van der Waals surface area contributed by atoms with Gasteiger partial charge in [0.25, 0.3) is 11.5 Å². The van der Waals surface area contributed by atoms with Crippen LogP contribution in [0.15, 0.2) is 59.4 Å². The smallest absolute Gasteiger partial charge is 0.360 e. The second-order valence-corrected chi connectivity index (χ2v) is 6.23. The molecule has 0 aliphatic carbocycles. The number of anilines is 1. The van der Waals surface area contributed by atoms with E-state index in [0.717, 1.165) is 0 Å². The van der Waals surface area contributed by atoms with Crippen LogP contribution in [0.4, 0.5) is 5.69 Å². The van der Waals surface area contributed by atoms with Gasteiger partial charge in [0.15, 0.2) is 11.8 Å². The molecule has 1 atom stereocenters. The Morgan fingerprint density at radius 2 is 1.79 bits per heavy atom. The van der Waals surface area contributed by atoms with E-state index >= 15 is 0 Å². The zero-order chi connectivity index (χ0) is 20.8. The first kappa shape index (κ1) is 19.8. The highest BCUT2D eigenvalue weighted by Crippen LogP contribution is 2.18. The first-order chi connectivity index (χ1) is 14.0. The first-order valence-electron chi connectivity index (χ1n) is 8.94. The molecule has 8 heteroatoms. The van der Waals surface area contributed by atoms with Crippen molar-refractivity contribution in [2.75, 3.05) is 11.4 Å². The summed E-state index contributed by atoms with van der Waals surface area (Å²) in [6.45, 7) is 1.62. The van der Waals surface area contributed by atoms with Crippen LogP contribution in [0.3, 0.4) is 0 Å². The Morgan fingerprint density at radius 1 is 1.14 bits per heavy atom. The highest BCUT2D eigenvalue weighted by Gasteiger charge is 2.27. The molecule has 1 unspecified atom stereocenters. The van der Waals surface area contributed by atoms with Crippen molar-refractivity contribution < 1.29 is 14.3 Å². The molecule has 146 valence electrons. The fraction of sp³-hybridized carbons (Fsp3) is 0.190. The molecule has 29 heavy (non-hydrogen) atoms. The molecule has 0 aliphatic heterocycles. The van der Waals surface area contributed by atoms with E-state index in [-0.39, 0.29) is 18.7 Å². The number of benzene rings is 2. The number of rotatable bonds is 6. The van der Waals surface area contributed by atoms with E-state index in [4.69, 9.17) is 10.00 Å². The average molecular weight is 390 g/mol. The molecule has 1 aromatic heterocycles. The number of ether oxygens (including phenoxy) is 1. The average Bonchev–Trinajstić information content (AvgIpc) is 2.75. The maximum absolute atomic E-state index is 12.9. The predicted octanol–water partition coefficient (Wildman–Crippen LogP) is 2.42. The van der Waals surface area contributed by atoms with Crippen molar-refractivity contribution in [1.29, 1.82) is 5.26 Å². The summed E-state index contributed by atoms with van der Waals surface area (Å²) in [5.74, 6) is -1.29. The first-order valence-corrected chi connectivity index (χ1v) is 8.94. The molecule has 3 rings (SSSR count). The molecule has 2 aromatic carbocycles. The molecule has 0 aliphatic rings. The lowest BCUT2D eigenvalue weighted by atomic mass is 10.1. The van der Waals surface area contributed by atoms with Crippen molar-refractivity contribution in [3.63, 3.8) is 0 Å². The highest BCUT2D eigenvalue weighted by molar-refractivity contribution is 6.04. The van der Waals surface area contributed by atoms with E-state index in [1.165, 1.54) is 11.8 Å². The largest absolute Gasteiger partial charge is 0.448 e. The summed E-state index contributed by atoms with van der Waals surface area (Å²) < 4.78 is 5.33. The van der Waals surface area contributed by atoms with Crippen LogP contribution in [0.2, 0.25) is 0 Å². The number of hydrogen-bond acceptors (Lipinski definition) is 6. The van der Waals surface area contributed by atoms with Crippen LogP contribution < -0.4 is 10.5 Å². The molecule has 0 radical (unpaired) electrons. The van der Waals surface area contributed by atoms with Gasteiger partial charge in [0.2, 0.25) is 0 Å². The van der Waals surface area contributed by atoms with Gasteiger partial charge in [0.05, 0.1) is 17.9 Å². The molecular weight excluding hydrogens is 372 g/mol. The molecule has 0 saturated carbocycles. The lowest BCUT2D eigenvalue weighted by molar-refractivity contribution is -0.126. The Bertz CT molecular complexity index is 1130. The number of fused-ring (bicyclic) bond motifs is 1. The lowest BCUT2D eigenvalue weighted by Crippen LogP contribution is -2.40. The summed E-state index contributed by atoms with van der Waals surface area (Å²) in [6.07, 6.45) is -0.984. The third-order valence-corrected chi connectivity index (χ3v) is 4.30. The van der Waals surface area contributed by atoms with Gasteiger partial charge in [-0.1, -0.05) is 36.4 Å². The van der Waals surface area contributed by atoms with Gasteiger partial charge in [-0.25, -0.2) is 9.89 Å². The minimum absolute atomic E-state index is 0.0804. The highest BCUT2D eigenvalue weighted by atomic mass is 16.5. The quantitative estimate of drug-likeness (QED) is 0.646. The zero-order valence-electron chi connectivity index (χ0n) is 15.7. The number of hydrogen-bond donors (Lipinski definition) is 1. The predicted molar refractivity (Wildman–Crippen MR) is 106 cm³/mol. The number of para-hydroxylation sites is 1. The van der Waals surface area contributed by atoms with Crippen LogP contribution in [0.5, 0.6) is 0 Å². The molecule has 0 fully saturated rings. The minimum Gasteiger partial charge on any atom is -0.448 e. The maximum atomic E-state index is 12.9. The van der Waals surface area contributed by atoms with Gasteiger partial charge in [0.1, 0.15) is 0 Å². The lowest BCUT2D eigenvalue weighted by Gasteiger charge is -2.25. The number of esters is 1. The van der Waals surface area contributed by atoms with Crippen molar-refractivity contribution >= 4 is 28.3 Å². The second-order valence-electron chi connectivity index (χ2n) is 6.23. The fourth-order valence-corrected chi connectivity index (χ4v) is 2.89. The molecular formula is C21H18N4O4. The van der Waals surface area contributed by atoms with Crippen LogP contribution >= 0.6 is 0 Å². The second kappa shape index (κ2) is 8.80. The van der Waals surface area contributed by atoms with Gasteiger partial charge in [-0.2, -0.15) is 10.4 Å². The number of nitriles is 1. The summed E-state index contributed by atoms with van der Waals surface area (Å²) in [7, 11) is 0. The van der Waals surface area contributed by atoms with Crippen molar-refractivity contribution in [2.45, 2.75) is 19.4 Å². The van der Waals surface area contributed by atoms with E-state index in [9.17, 15) is 14.4 Å². The van der Waals surface area contributed by atoms with Crippen LogP contribution in [-0.2, 0) is 9.53 Å². The molecule has 1 N–H and O–H groups in total. The van der Waals surface area contributed by atoms with Gasteiger partial charge in [-0.15, -0.1) is 0 Å². The molecule has 1 heterocycles. The van der Waals surface area contributed by atoms with E-state index < -0.39 is 23.5 Å². The molecule has 8 nitrogen and oxygen atoms in total. The van der Waals surface area contributed by atoms with Gasteiger partial charge in [-0.3, -0.25) is 9.59 Å². The van der Waals surface area contributed by atoms with Gasteiger partial charge in [-0.05, 0) is 25.1 Å². The summed E-state index contributed by atoms with van der Waals surface area (Å²) in [4.78, 5) is 38.8. The van der Waals surface area contributed by atoms with Gasteiger partial charge in [0, 0.05) is 17.6 Å². The van der Waals surface area contributed by atoms with Crippen LogP contribution in [0.25, 0.3) is 10.8 Å². The number of nitrogens with zero attached hydrogens (tertiary/aromatic N) is 3. The normalized spacial score (nSPS) is 11.4. The molecule has 1 amide bonds. The van der Waals surface area contributed by atoms with E-state index in [1.807, 2.05) is 12.1 Å². The van der Waals surface area contributed by atoms with Gasteiger partial charge < -0.3 is 9.64 Å². The number of amides is 1. The number of aromatic nitrogens is 2. The van der Waals surface area contributed by atoms with Crippen molar-refractivity contribution in [3.05, 3.63) is 70.6 Å². The van der Waals surface area contributed by atoms with Crippen LogP contribution in [0.1, 0.15) is 23.8 Å². The van der Waals surface area contributed by atoms with E-state index in [1.54, 1.807) is 48.5 Å². The third kappa shape index (κ3) is 4.30. The SMILES string of the molecule is CC(OC(=O)c1n[nH]c(=O)c2ccccc12)C(=O)N(CCC#N)c1ccccc1. The third-order valence-electron chi connectivity index (χ3n) is 4.30. The molecule has 0 bridgehead atoms. The number of nitrogens with one attached hydrogen (secondary N) is 1. The number of H-pyrrole nitrogens is 1. The summed E-state index contributed by atoms with van der Waals surface area (Å²) in [6, 6.07) is 17.3. The van der Waals surface area contributed by atoms with Crippen molar-refractivity contribution in [3.8, 4) is 6.07 Å². The Kier molecular flexibility index (Phi) is 6.00. The van der Waals surface area contributed by atoms with E-state index in [0.29, 0.717) is 16.5 Å². The van der Waals surface area contributed by atoms with Crippen LogP contribution in [0, 0.1) is 11.3 Å². The number of aromatic amines is 1.